The molecule has 2 N–H and O–H groups in total. The van der Waals surface area contributed by atoms with Crippen LogP contribution in [-0.2, 0) is 0 Å². The Morgan fingerprint density at radius 1 is 1.39 bits per heavy atom. The minimum Gasteiger partial charge on any atom is -0.491 e. The van der Waals surface area contributed by atoms with E-state index >= 15 is 0 Å². The van der Waals surface area contributed by atoms with Crippen molar-refractivity contribution in [1.29, 1.82) is 0 Å². The van der Waals surface area contributed by atoms with E-state index in [0.717, 1.165) is 11.3 Å². The zero-order chi connectivity index (χ0) is 13.0. The Bertz CT molecular complexity index is 375. The summed E-state index contributed by atoms with van der Waals surface area (Å²) in [5, 5.41) is 13.5. The van der Waals surface area contributed by atoms with Gasteiger partial charge in [-0.3, -0.25) is 0 Å². The smallest absolute Gasteiger partial charge is 0.120 e. The predicted octanol–water partition coefficient (Wildman–Crippen LogP) is 2.65. The van der Waals surface area contributed by atoms with Crippen LogP contribution in [-0.4, -0.2) is 23.8 Å². The molecular formula is C15H23NO2. The minimum absolute atomic E-state index is 0.158. The summed E-state index contributed by atoms with van der Waals surface area (Å²) < 4.78 is 5.63. The molecule has 1 unspecified atom stereocenters. The third-order valence-corrected chi connectivity index (χ3v) is 3.32. The van der Waals surface area contributed by atoms with E-state index in [1.807, 2.05) is 38.1 Å². The van der Waals surface area contributed by atoms with Crippen molar-refractivity contribution in [2.24, 2.45) is 0 Å². The third kappa shape index (κ3) is 3.72. The molecule has 0 aromatic heterocycles. The summed E-state index contributed by atoms with van der Waals surface area (Å²) in [4.78, 5) is 0. The maximum Gasteiger partial charge on any atom is 0.120 e. The summed E-state index contributed by atoms with van der Waals surface area (Å²) in [7, 11) is 0. The molecule has 18 heavy (non-hydrogen) atoms. The molecule has 0 spiro atoms. The van der Waals surface area contributed by atoms with Gasteiger partial charge in [-0.1, -0.05) is 18.6 Å². The molecule has 1 aromatic rings. The molecule has 1 aliphatic rings. The maximum absolute atomic E-state index is 10.1. The van der Waals surface area contributed by atoms with E-state index in [1.165, 1.54) is 19.3 Å². The van der Waals surface area contributed by atoms with Crippen LogP contribution < -0.4 is 10.1 Å². The molecule has 0 bridgehead atoms. The van der Waals surface area contributed by atoms with Gasteiger partial charge in [-0.15, -0.1) is 0 Å². The molecule has 0 radical (unpaired) electrons. The van der Waals surface area contributed by atoms with Crippen molar-refractivity contribution in [2.45, 2.75) is 51.4 Å². The van der Waals surface area contributed by atoms with Crippen LogP contribution in [0.25, 0.3) is 0 Å². The van der Waals surface area contributed by atoms with E-state index in [1.54, 1.807) is 0 Å². The van der Waals surface area contributed by atoms with E-state index in [0.29, 0.717) is 12.6 Å². The summed E-state index contributed by atoms with van der Waals surface area (Å²) >= 11 is 0. The second kappa shape index (κ2) is 6.21. The van der Waals surface area contributed by atoms with Crippen LogP contribution in [0.3, 0.4) is 0 Å². The fraction of sp³-hybridized carbons (Fsp3) is 0.600. The van der Waals surface area contributed by atoms with Crippen molar-refractivity contribution >= 4 is 0 Å². The number of rotatable bonds is 6. The molecule has 1 saturated carbocycles. The van der Waals surface area contributed by atoms with E-state index in [9.17, 15) is 5.11 Å². The number of hydrogen-bond donors (Lipinski definition) is 2. The molecule has 0 amide bonds. The van der Waals surface area contributed by atoms with Crippen molar-refractivity contribution in [1.82, 2.24) is 5.32 Å². The number of hydrogen-bond acceptors (Lipinski definition) is 3. The predicted molar refractivity (Wildman–Crippen MR) is 72.8 cm³/mol. The van der Waals surface area contributed by atoms with Crippen molar-refractivity contribution in [3.63, 3.8) is 0 Å². The van der Waals surface area contributed by atoms with Gasteiger partial charge in [0.05, 0.1) is 12.2 Å². The van der Waals surface area contributed by atoms with Crippen LogP contribution in [0.2, 0.25) is 0 Å². The highest BCUT2D eigenvalue weighted by molar-refractivity contribution is 5.30. The highest BCUT2D eigenvalue weighted by atomic mass is 16.5. The Labute approximate surface area is 109 Å². The molecule has 2 rings (SSSR count). The molecule has 1 aromatic carbocycles. The summed E-state index contributed by atoms with van der Waals surface area (Å²) in [5.74, 6) is 0.824. The fourth-order valence-electron chi connectivity index (χ4n) is 2.08. The van der Waals surface area contributed by atoms with Crippen molar-refractivity contribution < 1.29 is 9.84 Å². The van der Waals surface area contributed by atoms with Crippen LogP contribution in [0.5, 0.6) is 5.75 Å². The van der Waals surface area contributed by atoms with Crippen LogP contribution in [0.4, 0.5) is 0 Å². The summed E-state index contributed by atoms with van der Waals surface area (Å²) in [6.45, 7) is 4.62. The molecule has 0 saturated heterocycles. The molecule has 1 atom stereocenters. The molecule has 3 heteroatoms. The Morgan fingerprint density at radius 3 is 2.78 bits per heavy atom. The van der Waals surface area contributed by atoms with Gasteiger partial charge in [0, 0.05) is 12.6 Å². The standard InChI is InChI=1S/C15H23NO2/c1-11(2)18-14-8-3-5-12(9-14)15(17)10-16-13-6-4-7-13/h3,5,8-9,11,13,15-17H,4,6-7,10H2,1-2H3. The first-order chi connectivity index (χ1) is 8.65. The van der Waals surface area contributed by atoms with Gasteiger partial charge >= 0.3 is 0 Å². The fourth-order valence-corrected chi connectivity index (χ4v) is 2.08. The SMILES string of the molecule is CC(C)Oc1cccc(C(O)CNC2CCC2)c1. The highest BCUT2D eigenvalue weighted by Gasteiger charge is 2.18. The lowest BCUT2D eigenvalue weighted by molar-refractivity contribution is 0.160. The first-order valence-electron chi connectivity index (χ1n) is 6.83. The summed E-state index contributed by atoms with van der Waals surface area (Å²) in [6, 6.07) is 8.33. The average Bonchev–Trinajstić information content (AvgIpc) is 2.26. The topological polar surface area (TPSA) is 41.5 Å². The summed E-state index contributed by atoms with van der Waals surface area (Å²) in [6.07, 6.45) is 3.49. The van der Waals surface area contributed by atoms with E-state index in [4.69, 9.17) is 4.74 Å². The number of aliphatic hydroxyl groups excluding tert-OH is 1. The Balaban J connectivity index is 1.89. The normalized spacial score (nSPS) is 17.6. The lowest BCUT2D eigenvalue weighted by atomic mass is 9.93. The van der Waals surface area contributed by atoms with Gasteiger partial charge in [0.1, 0.15) is 5.75 Å². The van der Waals surface area contributed by atoms with E-state index < -0.39 is 6.10 Å². The second-order valence-electron chi connectivity index (χ2n) is 5.29. The van der Waals surface area contributed by atoms with Gasteiger partial charge in [0.25, 0.3) is 0 Å². The Hall–Kier alpha value is -1.06. The third-order valence-electron chi connectivity index (χ3n) is 3.32. The van der Waals surface area contributed by atoms with E-state index in [2.05, 4.69) is 5.32 Å². The molecule has 100 valence electrons. The lowest BCUT2D eigenvalue weighted by Gasteiger charge is -2.27. The summed E-state index contributed by atoms with van der Waals surface area (Å²) in [5.41, 5.74) is 0.917. The van der Waals surface area contributed by atoms with Crippen molar-refractivity contribution in [3.8, 4) is 5.75 Å². The Morgan fingerprint density at radius 2 is 2.17 bits per heavy atom. The number of benzene rings is 1. The zero-order valence-electron chi connectivity index (χ0n) is 11.2. The second-order valence-corrected chi connectivity index (χ2v) is 5.29. The van der Waals surface area contributed by atoms with Gasteiger partial charge in [-0.25, -0.2) is 0 Å². The molecule has 1 fully saturated rings. The molecular weight excluding hydrogens is 226 g/mol. The quantitative estimate of drug-likeness (QED) is 0.814. The van der Waals surface area contributed by atoms with Crippen molar-refractivity contribution in [2.75, 3.05) is 6.54 Å². The molecule has 0 heterocycles. The monoisotopic (exact) mass is 249 g/mol. The number of aliphatic hydroxyl groups is 1. The number of ether oxygens (including phenoxy) is 1. The van der Waals surface area contributed by atoms with Crippen molar-refractivity contribution in [3.05, 3.63) is 29.8 Å². The Kier molecular flexibility index (Phi) is 4.61. The van der Waals surface area contributed by atoms with Gasteiger partial charge < -0.3 is 15.2 Å². The average molecular weight is 249 g/mol. The minimum atomic E-state index is -0.457. The zero-order valence-corrected chi connectivity index (χ0v) is 11.2. The number of nitrogens with one attached hydrogen (secondary N) is 1. The molecule has 1 aliphatic carbocycles. The van der Waals surface area contributed by atoms with Gasteiger partial charge in [0.15, 0.2) is 0 Å². The first kappa shape index (κ1) is 13.4. The lowest BCUT2D eigenvalue weighted by Crippen LogP contribution is -2.37. The largest absolute Gasteiger partial charge is 0.491 e. The van der Waals surface area contributed by atoms with Gasteiger partial charge in [-0.2, -0.15) is 0 Å². The highest BCUT2D eigenvalue weighted by Crippen LogP contribution is 2.22. The van der Waals surface area contributed by atoms with E-state index in [-0.39, 0.29) is 6.10 Å². The maximum atomic E-state index is 10.1. The first-order valence-corrected chi connectivity index (χ1v) is 6.83. The van der Waals surface area contributed by atoms with Crippen LogP contribution in [0.1, 0.15) is 44.8 Å². The van der Waals surface area contributed by atoms with Crippen LogP contribution in [0, 0.1) is 0 Å². The van der Waals surface area contributed by atoms with Crippen LogP contribution >= 0.6 is 0 Å². The van der Waals surface area contributed by atoms with Crippen LogP contribution in [0.15, 0.2) is 24.3 Å². The molecule has 3 nitrogen and oxygen atoms in total. The molecule has 0 aliphatic heterocycles. The van der Waals surface area contributed by atoms with Gasteiger partial charge in [0.2, 0.25) is 0 Å². The van der Waals surface area contributed by atoms with Gasteiger partial charge in [-0.05, 0) is 44.4 Å².